The molecule has 1 amide bonds. The van der Waals surface area contributed by atoms with Crippen LogP contribution in [0.15, 0.2) is 41.3 Å². The van der Waals surface area contributed by atoms with E-state index in [0.29, 0.717) is 30.8 Å². The van der Waals surface area contributed by atoms with Gasteiger partial charge in [-0.1, -0.05) is 19.1 Å². The summed E-state index contributed by atoms with van der Waals surface area (Å²) in [4.78, 5) is 23.7. The second-order valence-corrected chi connectivity index (χ2v) is 11.9. The van der Waals surface area contributed by atoms with Gasteiger partial charge < -0.3 is 14.8 Å². The van der Waals surface area contributed by atoms with Crippen LogP contribution in [0.5, 0.6) is 11.6 Å². The van der Waals surface area contributed by atoms with Crippen LogP contribution in [0, 0.1) is 30.9 Å². The maximum absolute atomic E-state index is 13.3. The predicted molar refractivity (Wildman–Crippen MR) is 152 cm³/mol. The number of rotatable bonds is 11. The lowest BCUT2D eigenvalue weighted by Gasteiger charge is -2.17. The molecule has 1 aliphatic heterocycles. The third-order valence-electron chi connectivity index (χ3n) is 6.99. The van der Waals surface area contributed by atoms with E-state index >= 15 is 0 Å². The fourth-order valence-corrected chi connectivity index (χ4v) is 5.92. The Morgan fingerprint density at radius 3 is 2.66 bits per heavy atom. The number of aromatic nitrogens is 2. The third kappa shape index (κ3) is 6.75. The van der Waals surface area contributed by atoms with Crippen molar-refractivity contribution in [1.29, 1.82) is 0 Å². The molecule has 2 heterocycles. The summed E-state index contributed by atoms with van der Waals surface area (Å²) in [5.74, 6) is -0.469. The molecule has 1 saturated heterocycles. The number of non-ortho nitro benzene ring substituents is 1. The van der Waals surface area contributed by atoms with E-state index < -0.39 is 37.5 Å². The topological polar surface area (TPSA) is 155 Å². The second-order valence-electron chi connectivity index (χ2n) is 10.2. The van der Waals surface area contributed by atoms with Gasteiger partial charge in [0.05, 0.1) is 16.7 Å². The van der Waals surface area contributed by atoms with E-state index in [1.54, 1.807) is 13.8 Å². The van der Waals surface area contributed by atoms with Gasteiger partial charge in [-0.25, -0.2) is 13.1 Å². The molecule has 220 valence electrons. The lowest BCUT2D eigenvalue weighted by atomic mass is 10.1. The minimum atomic E-state index is -4.21. The first-order valence-corrected chi connectivity index (χ1v) is 14.9. The molecule has 0 radical (unpaired) electrons. The highest BCUT2D eigenvalue weighted by Gasteiger charge is 2.29. The number of nitrogens with zero attached hydrogens (tertiary/aromatic N) is 3. The lowest BCUT2D eigenvalue weighted by molar-refractivity contribution is -0.385. The maximum atomic E-state index is 13.3. The Labute approximate surface area is 239 Å². The molecule has 2 atom stereocenters. The molecule has 0 saturated carbocycles. The fourth-order valence-electron chi connectivity index (χ4n) is 4.44. The summed E-state index contributed by atoms with van der Waals surface area (Å²) in [7, 11) is -4.21. The summed E-state index contributed by atoms with van der Waals surface area (Å²) in [6, 6.07) is 8.66. The van der Waals surface area contributed by atoms with E-state index in [2.05, 4.69) is 15.1 Å². The number of carbonyl (C=O) groups is 1. The van der Waals surface area contributed by atoms with Crippen molar-refractivity contribution in [2.75, 3.05) is 13.2 Å². The van der Waals surface area contributed by atoms with E-state index in [1.165, 1.54) is 16.8 Å². The SMILES string of the molecule is CC[C@H](C)NS(=O)(=O)c1cc([N+](=O)[O-])ccc1Oc1c(C)c(C(=O)NC[C@H]2CCCO2)nn1-c1cc(C)ccc1C. The number of sulfonamides is 1. The van der Waals surface area contributed by atoms with Crippen LogP contribution in [-0.2, 0) is 14.8 Å². The smallest absolute Gasteiger partial charge is 0.272 e. The van der Waals surface area contributed by atoms with Crippen LogP contribution in [0.4, 0.5) is 5.69 Å². The molecule has 3 aromatic rings. The summed E-state index contributed by atoms with van der Waals surface area (Å²) in [6.07, 6.45) is 2.23. The number of carbonyl (C=O) groups excluding carboxylic acids is 1. The fraction of sp³-hybridized carbons (Fsp3) is 0.429. The first kappa shape index (κ1) is 30.2. The van der Waals surface area contributed by atoms with Crippen molar-refractivity contribution < 1.29 is 27.6 Å². The van der Waals surface area contributed by atoms with Gasteiger partial charge in [-0.3, -0.25) is 14.9 Å². The average Bonchev–Trinajstić information content (AvgIpc) is 3.56. The zero-order valence-corrected chi connectivity index (χ0v) is 24.6. The number of amides is 1. The first-order chi connectivity index (χ1) is 19.4. The van der Waals surface area contributed by atoms with Crippen LogP contribution < -0.4 is 14.8 Å². The van der Waals surface area contributed by atoms with Crippen LogP contribution in [0.3, 0.4) is 0 Å². The summed E-state index contributed by atoms with van der Waals surface area (Å²) < 4.78 is 42.5. The zero-order chi connectivity index (χ0) is 29.9. The molecule has 12 nitrogen and oxygen atoms in total. The van der Waals surface area contributed by atoms with Crippen molar-refractivity contribution in [2.45, 2.75) is 70.9 Å². The molecule has 0 unspecified atom stereocenters. The van der Waals surface area contributed by atoms with E-state index in [4.69, 9.17) is 9.47 Å². The lowest BCUT2D eigenvalue weighted by Crippen LogP contribution is -2.32. The Morgan fingerprint density at radius 2 is 2.00 bits per heavy atom. The molecule has 0 bridgehead atoms. The number of nitro benzene ring substituents is 1. The monoisotopic (exact) mass is 585 g/mol. The molecule has 41 heavy (non-hydrogen) atoms. The van der Waals surface area contributed by atoms with Gasteiger partial charge in [0.15, 0.2) is 5.69 Å². The highest BCUT2D eigenvalue weighted by atomic mass is 32.2. The maximum Gasteiger partial charge on any atom is 0.272 e. The van der Waals surface area contributed by atoms with Gasteiger partial charge >= 0.3 is 0 Å². The van der Waals surface area contributed by atoms with Crippen LogP contribution >= 0.6 is 0 Å². The van der Waals surface area contributed by atoms with Crippen LogP contribution in [0.25, 0.3) is 5.69 Å². The van der Waals surface area contributed by atoms with E-state index in [9.17, 15) is 23.3 Å². The number of benzene rings is 2. The molecule has 1 aliphatic rings. The molecule has 4 rings (SSSR count). The zero-order valence-electron chi connectivity index (χ0n) is 23.8. The third-order valence-corrected chi connectivity index (χ3v) is 8.60. The number of ether oxygens (including phenoxy) is 2. The van der Waals surface area contributed by atoms with E-state index in [0.717, 1.165) is 30.0 Å². The molecule has 0 aliphatic carbocycles. The predicted octanol–water partition coefficient (Wildman–Crippen LogP) is 4.48. The van der Waals surface area contributed by atoms with Gasteiger partial charge in [0.25, 0.3) is 11.6 Å². The molecule has 2 N–H and O–H groups in total. The van der Waals surface area contributed by atoms with E-state index in [1.807, 2.05) is 39.0 Å². The van der Waals surface area contributed by atoms with Crippen molar-refractivity contribution in [3.8, 4) is 17.3 Å². The average molecular weight is 586 g/mol. The summed E-state index contributed by atoms with van der Waals surface area (Å²) in [6.45, 7) is 9.94. The number of nitrogens with one attached hydrogen (secondary N) is 2. The number of hydrogen-bond acceptors (Lipinski definition) is 8. The van der Waals surface area contributed by atoms with Crippen LogP contribution in [-0.4, -0.2) is 54.3 Å². The highest BCUT2D eigenvalue weighted by molar-refractivity contribution is 7.89. The molecule has 13 heteroatoms. The Kier molecular flexibility index (Phi) is 9.10. The van der Waals surface area contributed by atoms with Gasteiger partial charge in [-0.15, -0.1) is 0 Å². The molecular weight excluding hydrogens is 550 g/mol. The van der Waals surface area contributed by atoms with Gasteiger partial charge in [0.1, 0.15) is 10.6 Å². The molecule has 1 aromatic heterocycles. The van der Waals surface area contributed by atoms with Crippen molar-refractivity contribution in [2.24, 2.45) is 0 Å². The molecule has 0 spiro atoms. The largest absolute Gasteiger partial charge is 0.437 e. The molecular formula is C28H35N5O7S. The molecule has 2 aromatic carbocycles. The minimum absolute atomic E-state index is 0.0676. The van der Waals surface area contributed by atoms with Gasteiger partial charge in [-0.05, 0) is 70.2 Å². The summed E-state index contributed by atoms with van der Waals surface area (Å²) in [5, 5.41) is 19.0. The molecule has 1 fully saturated rings. The Morgan fingerprint density at radius 1 is 1.24 bits per heavy atom. The second kappa shape index (κ2) is 12.4. The standard InChI is InChI=1S/C28H35N5O7S/c1-6-19(4)31-41(37,38)25-15-21(33(35)36)11-12-24(25)40-28-20(5)26(27(34)29-16-22-8-7-13-39-22)30-32(28)23-14-17(2)9-10-18(23)3/h9-12,14-15,19,22,31H,6-8,13,16H2,1-5H3,(H,29,34)/t19-,22+/m0/s1. The quantitative estimate of drug-likeness (QED) is 0.247. The highest BCUT2D eigenvalue weighted by Crippen LogP contribution is 2.36. The number of hydrogen-bond donors (Lipinski definition) is 2. The summed E-state index contributed by atoms with van der Waals surface area (Å²) in [5.41, 5.74) is 2.46. The van der Waals surface area contributed by atoms with Crippen molar-refractivity contribution >= 4 is 21.6 Å². The Bertz CT molecular complexity index is 1560. The Hall–Kier alpha value is -3.81. The Balaban J connectivity index is 1.82. The van der Waals surface area contributed by atoms with Gasteiger partial charge in [0, 0.05) is 36.9 Å². The normalized spacial score (nSPS) is 16.0. The van der Waals surface area contributed by atoms with Crippen molar-refractivity contribution in [3.63, 3.8) is 0 Å². The first-order valence-electron chi connectivity index (χ1n) is 13.5. The van der Waals surface area contributed by atoms with E-state index in [-0.39, 0.29) is 23.4 Å². The van der Waals surface area contributed by atoms with Crippen molar-refractivity contribution in [3.05, 3.63) is 68.9 Å². The summed E-state index contributed by atoms with van der Waals surface area (Å²) >= 11 is 0. The van der Waals surface area contributed by atoms with Crippen molar-refractivity contribution in [1.82, 2.24) is 19.8 Å². The number of nitro groups is 1. The van der Waals surface area contributed by atoms with Gasteiger partial charge in [-0.2, -0.15) is 9.78 Å². The minimum Gasteiger partial charge on any atom is -0.437 e. The number of aryl methyl sites for hydroxylation is 2. The van der Waals surface area contributed by atoms with Crippen LogP contribution in [0.1, 0.15) is 60.3 Å². The van der Waals surface area contributed by atoms with Crippen LogP contribution in [0.2, 0.25) is 0 Å². The van der Waals surface area contributed by atoms with Gasteiger partial charge in [0.2, 0.25) is 15.9 Å².